The lowest BCUT2D eigenvalue weighted by Gasteiger charge is -2.34. The van der Waals surface area contributed by atoms with Crippen molar-refractivity contribution in [2.45, 2.75) is 77.3 Å². The van der Waals surface area contributed by atoms with Gasteiger partial charge in [-0.25, -0.2) is 0 Å². The number of hydrogen-bond acceptors (Lipinski definition) is 2. The Morgan fingerprint density at radius 1 is 1.33 bits per heavy atom. The Morgan fingerprint density at radius 3 is 2.44 bits per heavy atom. The fourth-order valence-electron chi connectivity index (χ4n) is 2.90. The Hall–Kier alpha value is -0.570. The lowest BCUT2D eigenvalue weighted by molar-refractivity contribution is -0.132. The van der Waals surface area contributed by atoms with E-state index in [2.05, 4.69) is 6.92 Å². The maximum Gasteiger partial charge on any atom is 0.222 e. The summed E-state index contributed by atoms with van der Waals surface area (Å²) in [7, 11) is 1.98. The molecule has 1 atom stereocenters. The van der Waals surface area contributed by atoms with Gasteiger partial charge >= 0.3 is 0 Å². The topological polar surface area (TPSA) is 46.3 Å². The highest BCUT2D eigenvalue weighted by Crippen LogP contribution is 2.29. The molecular formula is C15H30N2O. The molecule has 1 saturated carbocycles. The lowest BCUT2D eigenvalue weighted by atomic mass is 9.84. The summed E-state index contributed by atoms with van der Waals surface area (Å²) >= 11 is 0. The molecule has 3 heteroatoms. The quantitative estimate of drug-likeness (QED) is 0.792. The predicted molar refractivity (Wildman–Crippen MR) is 76.3 cm³/mol. The van der Waals surface area contributed by atoms with Gasteiger partial charge in [0, 0.05) is 25.6 Å². The maximum atomic E-state index is 12.1. The van der Waals surface area contributed by atoms with E-state index in [-0.39, 0.29) is 6.04 Å². The molecule has 1 fully saturated rings. The Bertz CT molecular complexity index is 245. The van der Waals surface area contributed by atoms with E-state index in [9.17, 15) is 4.79 Å². The van der Waals surface area contributed by atoms with Crippen molar-refractivity contribution < 1.29 is 4.79 Å². The van der Waals surface area contributed by atoms with Crippen molar-refractivity contribution in [1.82, 2.24) is 4.90 Å². The number of nitrogens with zero attached hydrogens (tertiary/aromatic N) is 1. The molecule has 106 valence electrons. The molecule has 3 nitrogen and oxygen atoms in total. The van der Waals surface area contributed by atoms with E-state index in [1.807, 2.05) is 18.9 Å². The highest BCUT2D eigenvalue weighted by atomic mass is 16.2. The Labute approximate surface area is 112 Å². The van der Waals surface area contributed by atoms with Crippen LogP contribution in [0.1, 0.15) is 65.2 Å². The highest BCUT2D eigenvalue weighted by molar-refractivity contribution is 5.76. The van der Waals surface area contributed by atoms with Crippen molar-refractivity contribution in [3.63, 3.8) is 0 Å². The van der Waals surface area contributed by atoms with Gasteiger partial charge in [0.2, 0.25) is 5.91 Å². The molecule has 0 aliphatic heterocycles. The van der Waals surface area contributed by atoms with Gasteiger partial charge in [-0.2, -0.15) is 0 Å². The third kappa shape index (κ3) is 4.97. The standard InChI is InChI=1S/C15H30N2O/c1-4-13-8-10-14(11-9-13)17(3)15(18)7-5-6-12(2)16/h12-14H,4-11,16H2,1-3H3. The molecule has 1 amide bonds. The second kappa shape index (κ2) is 7.78. The zero-order valence-electron chi connectivity index (χ0n) is 12.3. The van der Waals surface area contributed by atoms with Crippen LogP contribution in [0.25, 0.3) is 0 Å². The molecule has 0 spiro atoms. The summed E-state index contributed by atoms with van der Waals surface area (Å²) < 4.78 is 0. The van der Waals surface area contributed by atoms with Crippen LogP contribution in [0.15, 0.2) is 0 Å². The largest absolute Gasteiger partial charge is 0.343 e. The minimum atomic E-state index is 0.211. The Morgan fingerprint density at radius 2 is 1.94 bits per heavy atom. The number of rotatable bonds is 6. The molecule has 0 aromatic heterocycles. The molecule has 2 N–H and O–H groups in total. The minimum absolute atomic E-state index is 0.211. The molecule has 1 unspecified atom stereocenters. The summed E-state index contributed by atoms with van der Waals surface area (Å²) in [6, 6.07) is 0.693. The van der Waals surface area contributed by atoms with Crippen molar-refractivity contribution in [1.29, 1.82) is 0 Å². The van der Waals surface area contributed by atoms with E-state index in [0.717, 1.165) is 18.8 Å². The van der Waals surface area contributed by atoms with Gasteiger partial charge in [0.05, 0.1) is 0 Å². The first-order chi connectivity index (χ1) is 8.54. The molecule has 0 aromatic carbocycles. The molecule has 1 rings (SSSR count). The Balaban J connectivity index is 2.26. The van der Waals surface area contributed by atoms with Crippen LogP contribution in [0, 0.1) is 5.92 Å². The summed E-state index contributed by atoms with van der Waals surface area (Å²) in [4.78, 5) is 14.1. The zero-order chi connectivity index (χ0) is 13.5. The summed E-state index contributed by atoms with van der Waals surface area (Å²) in [5.41, 5.74) is 5.70. The summed E-state index contributed by atoms with van der Waals surface area (Å²) in [5, 5.41) is 0. The zero-order valence-corrected chi connectivity index (χ0v) is 12.3. The third-order valence-corrected chi connectivity index (χ3v) is 4.38. The van der Waals surface area contributed by atoms with Crippen molar-refractivity contribution in [2.75, 3.05) is 7.05 Å². The van der Waals surface area contributed by atoms with E-state index < -0.39 is 0 Å². The molecule has 0 saturated heterocycles. The van der Waals surface area contributed by atoms with Crippen molar-refractivity contribution >= 4 is 5.91 Å². The van der Waals surface area contributed by atoms with Crippen LogP contribution in [0.3, 0.4) is 0 Å². The predicted octanol–water partition coefficient (Wildman–Crippen LogP) is 2.93. The lowest BCUT2D eigenvalue weighted by Crippen LogP contribution is -2.39. The average molecular weight is 254 g/mol. The van der Waals surface area contributed by atoms with Gasteiger partial charge in [-0.15, -0.1) is 0 Å². The van der Waals surface area contributed by atoms with Gasteiger partial charge in [0.1, 0.15) is 0 Å². The molecule has 0 heterocycles. The van der Waals surface area contributed by atoms with Crippen LogP contribution in [0.4, 0.5) is 0 Å². The van der Waals surface area contributed by atoms with Gasteiger partial charge in [0.25, 0.3) is 0 Å². The van der Waals surface area contributed by atoms with Gasteiger partial charge in [0.15, 0.2) is 0 Å². The summed E-state index contributed by atoms with van der Waals surface area (Å²) in [6.45, 7) is 4.27. The molecular weight excluding hydrogens is 224 g/mol. The molecule has 1 aliphatic rings. The first-order valence-electron chi connectivity index (χ1n) is 7.55. The fraction of sp³-hybridized carbons (Fsp3) is 0.933. The normalized spacial score (nSPS) is 25.8. The summed E-state index contributed by atoms with van der Waals surface area (Å²) in [6.07, 6.45) is 8.77. The highest BCUT2D eigenvalue weighted by Gasteiger charge is 2.25. The average Bonchev–Trinajstić information content (AvgIpc) is 2.37. The van der Waals surface area contributed by atoms with E-state index in [0.29, 0.717) is 18.4 Å². The van der Waals surface area contributed by atoms with Crippen molar-refractivity contribution in [2.24, 2.45) is 11.7 Å². The van der Waals surface area contributed by atoms with Crippen LogP contribution >= 0.6 is 0 Å². The van der Waals surface area contributed by atoms with Crippen molar-refractivity contribution in [3.8, 4) is 0 Å². The first kappa shape index (κ1) is 15.5. The number of amides is 1. The fourth-order valence-corrected chi connectivity index (χ4v) is 2.90. The monoisotopic (exact) mass is 254 g/mol. The first-order valence-corrected chi connectivity index (χ1v) is 7.55. The van der Waals surface area contributed by atoms with E-state index in [1.54, 1.807) is 0 Å². The molecule has 0 radical (unpaired) electrons. The minimum Gasteiger partial charge on any atom is -0.343 e. The SMILES string of the molecule is CCC1CCC(N(C)C(=O)CCCC(C)N)CC1. The Kier molecular flexibility index (Phi) is 6.69. The van der Waals surface area contributed by atoms with Crippen molar-refractivity contribution in [3.05, 3.63) is 0 Å². The smallest absolute Gasteiger partial charge is 0.222 e. The van der Waals surface area contributed by atoms with E-state index in [4.69, 9.17) is 5.73 Å². The van der Waals surface area contributed by atoms with Crippen LogP contribution in [0.5, 0.6) is 0 Å². The molecule has 0 aromatic rings. The number of hydrogen-bond donors (Lipinski definition) is 1. The van der Waals surface area contributed by atoms with Crippen LogP contribution in [-0.2, 0) is 4.79 Å². The van der Waals surface area contributed by atoms with E-state index in [1.165, 1.54) is 32.1 Å². The second-order valence-electron chi connectivity index (χ2n) is 5.96. The second-order valence-corrected chi connectivity index (χ2v) is 5.96. The van der Waals surface area contributed by atoms with Crippen LogP contribution < -0.4 is 5.73 Å². The molecule has 18 heavy (non-hydrogen) atoms. The third-order valence-electron chi connectivity index (χ3n) is 4.38. The number of carbonyl (C=O) groups excluding carboxylic acids is 1. The number of carbonyl (C=O) groups is 1. The molecule has 0 bridgehead atoms. The molecule has 1 aliphatic carbocycles. The van der Waals surface area contributed by atoms with Crippen LogP contribution in [0.2, 0.25) is 0 Å². The van der Waals surface area contributed by atoms with Gasteiger partial charge < -0.3 is 10.6 Å². The van der Waals surface area contributed by atoms with Gasteiger partial charge in [-0.3, -0.25) is 4.79 Å². The maximum absolute atomic E-state index is 12.1. The van der Waals surface area contributed by atoms with Gasteiger partial charge in [-0.1, -0.05) is 13.3 Å². The van der Waals surface area contributed by atoms with Crippen LogP contribution in [-0.4, -0.2) is 29.9 Å². The van der Waals surface area contributed by atoms with E-state index >= 15 is 0 Å². The number of nitrogens with two attached hydrogens (primary N) is 1. The summed E-state index contributed by atoms with van der Waals surface area (Å²) in [5.74, 6) is 1.19. The van der Waals surface area contributed by atoms with Gasteiger partial charge in [-0.05, 0) is 51.4 Å².